The first-order valence-corrected chi connectivity index (χ1v) is 5.61. The predicted molar refractivity (Wildman–Crippen MR) is 62.8 cm³/mol. The lowest BCUT2D eigenvalue weighted by molar-refractivity contribution is -0.385. The Kier molecular flexibility index (Phi) is 2.59. The number of nitro benzene ring substituents is 1. The fourth-order valence-electron chi connectivity index (χ4n) is 1.99. The molecule has 0 aliphatic carbocycles. The van der Waals surface area contributed by atoms with E-state index < -0.39 is 10.9 Å². The van der Waals surface area contributed by atoms with Gasteiger partial charge in [0.05, 0.1) is 23.2 Å². The second kappa shape index (κ2) is 4.27. The van der Waals surface area contributed by atoms with Crippen molar-refractivity contribution in [2.24, 2.45) is 0 Å². The summed E-state index contributed by atoms with van der Waals surface area (Å²) in [5, 5.41) is 11.0. The predicted octanol–water partition coefficient (Wildman–Crippen LogP) is 1.65. The van der Waals surface area contributed by atoms with Crippen LogP contribution in [0.5, 0.6) is 11.5 Å². The smallest absolute Gasteiger partial charge is 0.334 e. The number of hydrogen-bond acceptors (Lipinski definition) is 6. The second-order valence-corrected chi connectivity index (χ2v) is 4.08. The Hall–Kier alpha value is -2.57. The molecular weight excluding hydrogens is 254 g/mol. The highest BCUT2D eigenvalue weighted by Gasteiger charge is 2.25. The van der Waals surface area contributed by atoms with Crippen LogP contribution in [0.4, 0.5) is 5.69 Å². The number of nitrogens with zero attached hydrogens (tertiary/aromatic N) is 1. The van der Waals surface area contributed by atoms with Crippen molar-refractivity contribution in [3.8, 4) is 11.5 Å². The molecule has 0 amide bonds. The van der Waals surface area contributed by atoms with Crippen molar-refractivity contribution < 1.29 is 23.9 Å². The van der Waals surface area contributed by atoms with Crippen LogP contribution in [0.25, 0.3) is 6.08 Å². The third-order valence-corrected chi connectivity index (χ3v) is 2.92. The summed E-state index contributed by atoms with van der Waals surface area (Å²) in [5.41, 5.74) is 0.599. The quantitative estimate of drug-likeness (QED) is 0.349. The van der Waals surface area contributed by atoms with Crippen molar-refractivity contribution in [1.82, 2.24) is 0 Å². The van der Waals surface area contributed by atoms with Crippen LogP contribution in [0.1, 0.15) is 12.0 Å². The van der Waals surface area contributed by atoms with E-state index in [-0.39, 0.29) is 12.5 Å². The van der Waals surface area contributed by atoms with Gasteiger partial charge in [0.1, 0.15) is 0 Å². The number of hydrogen-bond donors (Lipinski definition) is 0. The third-order valence-electron chi connectivity index (χ3n) is 2.92. The zero-order valence-electron chi connectivity index (χ0n) is 9.75. The average molecular weight is 263 g/mol. The number of ether oxygens (including phenoxy) is 3. The van der Waals surface area contributed by atoms with Crippen LogP contribution < -0.4 is 9.47 Å². The van der Waals surface area contributed by atoms with E-state index in [2.05, 4.69) is 0 Å². The molecule has 0 aromatic heterocycles. The van der Waals surface area contributed by atoms with Gasteiger partial charge < -0.3 is 14.2 Å². The Labute approximate surface area is 107 Å². The summed E-state index contributed by atoms with van der Waals surface area (Å²) in [5.74, 6) is 0.332. The maximum Gasteiger partial charge on any atom is 0.334 e. The van der Waals surface area contributed by atoms with Gasteiger partial charge >= 0.3 is 5.97 Å². The molecule has 1 fully saturated rings. The summed E-state index contributed by atoms with van der Waals surface area (Å²) in [6.07, 6.45) is 1.92. The molecule has 7 nitrogen and oxygen atoms in total. The minimum atomic E-state index is -0.519. The Balaban J connectivity index is 2.09. The zero-order valence-corrected chi connectivity index (χ0v) is 9.75. The van der Waals surface area contributed by atoms with Gasteiger partial charge in [0.25, 0.3) is 5.69 Å². The molecule has 0 radical (unpaired) electrons. The van der Waals surface area contributed by atoms with E-state index in [1.165, 1.54) is 18.2 Å². The minimum absolute atomic E-state index is 0.0363. The Morgan fingerprint density at radius 1 is 1.21 bits per heavy atom. The van der Waals surface area contributed by atoms with E-state index in [9.17, 15) is 14.9 Å². The number of benzene rings is 1. The fraction of sp³-hybridized carbons (Fsp3) is 0.250. The summed E-state index contributed by atoms with van der Waals surface area (Å²) >= 11 is 0. The fourth-order valence-corrected chi connectivity index (χ4v) is 1.99. The standard InChI is InChI=1S/C12H9NO6/c14-12-7(1-2-17-12)3-8-4-10-11(19-6-18-10)5-9(8)13(15)16/h3-5H,1-2,6H2. The molecule has 1 aromatic rings. The first-order chi connectivity index (χ1) is 9.15. The minimum Gasteiger partial charge on any atom is -0.462 e. The summed E-state index contributed by atoms with van der Waals surface area (Å²) in [7, 11) is 0. The molecule has 2 aliphatic rings. The first-order valence-electron chi connectivity index (χ1n) is 5.61. The van der Waals surface area contributed by atoms with Crippen LogP contribution in [0.3, 0.4) is 0 Å². The molecule has 0 spiro atoms. The molecule has 0 bridgehead atoms. The monoisotopic (exact) mass is 263 g/mol. The summed E-state index contributed by atoms with van der Waals surface area (Å²) in [6.45, 7) is 0.345. The highest BCUT2D eigenvalue weighted by molar-refractivity contribution is 5.96. The number of carbonyl (C=O) groups excluding carboxylic acids is 1. The number of nitro groups is 1. The highest BCUT2D eigenvalue weighted by Crippen LogP contribution is 2.39. The van der Waals surface area contributed by atoms with Gasteiger partial charge in [-0.05, 0) is 12.1 Å². The molecule has 98 valence electrons. The van der Waals surface area contributed by atoms with Gasteiger partial charge in [-0.15, -0.1) is 0 Å². The van der Waals surface area contributed by atoms with Crippen LogP contribution in [0.15, 0.2) is 17.7 Å². The lowest BCUT2D eigenvalue weighted by Gasteiger charge is -2.01. The first kappa shape index (κ1) is 11.5. The van der Waals surface area contributed by atoms with Crippen LogP contribution in [-0.2, 0) is 9.53 Å². The summed E-state index contributed by atoms with van der Waals surface area (Å²) in [4.78, 5) is 21.9. The lowest BCUT2D eigenvalue weighted by atomic mass is 10.1. The molecule has 0 unspecified atom stereocenters. The Morgan fingerprint density at radius 2 is 1.95 bits per heavy atom. The zero-order chi connectivity index (χ0) is 13.4. The Morgan fingerprint density at radius 3 is 2.58 bits per heavy atom. The number of fused-ring (bicyclic) bond motifs is 1. The Bertz CT molecular complexity index is 606. The van der Waals surface area contributed by atoms with E-state index in [1.54, 1.807) is 0 Å². The van der Waals surface area contributed by atoms with Crippen molar-refractivity contribution >= 4 is 17.7 Å². The number of cyclic esters (lactones) is 1. The summed E-state index contributed by atoms with van der Waals surface area (Å²) in [6, 6.07) is 2.80. The topological polar surface area (TPSA) is 87.9 Å². The van der Waals surface area contributed by atoms with E-state index in [0.717, 1.165) is 0 Å². The summed E-state index contributed by atoms with van der Waals surface area (Å²) < 4.78 is 15.1. The van der Waals surface area contributed by atoms with E-state index in [0.29, 0.717) is 35.7 Å². The average Bonchev–Trinajstić information content (AvgIpc) is 2.97. The number of esters is 1. The second-order valence-electron chi connectivity index (χ2n) is 4.08. The van der Waals surface area contributed by atoms with Gasteiger partial charge in [-0.2, -0.15) is 0 Å². The van der Waals surface area contributed by atoms with E-state index >= 15 is 0 Å². The van der Waals surface area contributed by atoms with Crippen molar-refractivity contribution in [1.29, 1.82) is 0 Å². The number of carbonyl (C=O) groups is 1. The lowest BCUT2D eigenvalue weighted by Crippen LogP contribution is -1.96. The van der Waals surface area contributed by atoms with Gasteiger partial charge in [0.2, 0.25) is 6.79 Å². The largest absolute Gasteiger partial charge is 0.462 e. The van der Waals surface area contributed by atoms with Crippen molar-refractivity contribution in [3.05, 3.63) is 33.4 Å². The highest BCUT2D eigenvalue weighted by atomic mass is 16.7. The molecular formula is C12H9NO6. The molecule has 1 aromatic carbocycles. The van der Waals surface area contributed by atoms with Crippen molar-refractivity contribution in [3.63, 3.8) is 0 Å². The molecule has 1 saturated heterocycles. The van der Waals surface area contributed by atoms with Crippen LogP contribution >= 0.6 is 0 Å². The molecule has 0 saturated carbocycles. The molecule has 19 heavy (non-hydrogen) atoms. The number of rotatable bonds is 2. The van der Waals surface area contributed by atoms with Crippen molar-refractivity contribution in [2.45, 2.75) is 6.42 Å². The maximum absolute atomic E-state index is 11.4. The molecule has 7 heteroatoms. The molecule has 3 rings (SSSR count). The van der Waals surface area contributed by atoms with Gasteiger partial charge in [-0.3, -0.25) is 10.1 Å². The van der Waals surface area contributed by atoms with E-state index in [4.69, 9.17) is 14.2 Å². The van der Waals surface area contributed by atoms with Crippen molar-refractivity contribution in [2.75, 3.05) is 13.4 Å². The molecule has 2 aliphatic heterocycles. The van der Waals surface area contributed by atoms with Crippen LogP contribution in [0, 0.1) is 10.1 Å². The molecule has 2 heterocycles. The van der Waals surface area contributed by atoms with Gasteiger partial charge in [-0.1, -0.05) is 0 Å². The van der Waals surface area contributed by atoms with Crippen LogP contribution in [-0.4, -0.2) is 24.3 Å². The molecule has 0 N–H and O–H groups in total. The van der Waals surface area contributed by atoms with Gasteiger partial charge in [-0.25, -0.2) is 4.79 Å². The SMILES string of the molecule is O=C1OCCC1=Cc1cc2c(cc1[N+](=O)[O-])OCO2. The van der Waals surface area contributed by atoms with Crippen LogP contribution in [0.2, 0.25) is 0 Å². The normalized spacial score (nSPS) is 18.7. The van der Waals surface area contributed by atoms with Gasteiger partial charge in [0, 0.05) is 12.0 Å². The maximum atomic E-state index is 11.4. The van der Waals surface area contributed by atoms with E-state index in [1.807, 2.05) is 0 Å². The van der Waals surface area contributed by atoms with Gasteiger partial charge in [0.15, 0.2) is 11.5 Å². The third kappa shape index (κ3) is 1.99. The molecule has 0 atom stereocenters.